The molecule has 3 aromatic carbocycles. The quantitative estimate of drug-likeness (QED) is 0.323. The third-order valence-corrected chi connectivity index (χ3v) is 5.92. The van der Waals surface area contributed by atoms with Gasteiger partial charge in [-0.3, -0.25) is 4.84 Å². The molecule has 182 valence electrons. The fraction of sp³-hybridized carbons (Fsp3) is 0.400. The van der Waals surface area contributed by atoms with Crippen LogP contribution in [0.3, 0.4) is 0 Å². The van der Waals surface area contributed by atoms with E-state index in [4.69, 9.17) is 14.7 Å². The number of rotatable bonds is 10. The van der Waals surface area contributed by atoms with Gasteiger partial charge >= 0.3 is 0 Å². The van der Waals surface area contributed by atoms with E-state index >= 15 is 0 Å². The van der Waals surface area contributed by atoms with Crippen molar-refractivity contribution in [3.8, 4) is 5.75 Å². The lowest BCUT2D eigenvalue weighted by molar-refractivity contribution is -0.272. The number of hydrogen-bond donors (Lipinski definition) is 1. The predicted octanol–water partition coefficient (Wildman–Crippen LogP) is 7.25. The normalized spacial score (nSPS) is 13.8. The summed E-state index contributed by atoms with van der Waals surface area (Å²) in [5, 5.41) is 11.3. The minimum atomic E-state index is -0.168. The van der Waals surface area contributed by atoms with Crippen LogP contribution in [0.25, 0.3) is 0 Å². The molecule has 0 amide bonds. The number of hydrogen-bond acceptors (Lipinski definition) is 4. The second-order valence-electron chi connectivity index (χ2n) is 10.2. The van der Waals surface area contributed by atoms with E-state index in [2.05, 4.69) is 101 Å². The van der Waals surface area contributed by atoms with E-state index in [1.54, 1.807) is 0 Å². The molecule has 0 fully saturated rings. The first kappa shape index (κ1) is 26.0. The first-order valence-corrected chi connectivity index (χ1v) is 12.1. The van der Waals surface area contributed by atoms with Crippen molar-refractivity contribution < 1.29 is 14.7 Å². The Kier molecular flexibility index (Phi) is 8.90. The summed E-state index contributed by atoms with van der Waals surface area (Å²) in [4.78, 5) is 6.65. The molecule has 0 radical (unpaired) electrons. The highest BCUT2D eigenvalue weighted by atomic mass is 16.7. The number of benzene rings is 3. The molecule has 0 aliphatic heterocycles. The van der Waals surface area contributed by atoms with E-state index in [0.717, 1.165) is 22.4 Å². The Morgan fingerprint density at radius 2 is 1.35 bits per heavy atom. The van der Waals surface area contributed by atoms with Crippen molar-refractivity contribution in [1.29, 1.82) is 0 Å². The van der Waals surface area contributed by atoms with Crippen molar-refractivity contribution in [3.05, 3.63) is 101 Å². The summed E-state index contributed by atoms with van der Waals surface area (Å²) in [5.41, 5.74) is 4.19. The third-order valence-electron chi connectivity index (χ3n) is 5.92. The van der Waals surface area contributed by atoms with Crippen LogP contribution in [0.2, 0.25) is 0 Å². The van der Waals surface area contributed by atoms with Crippen molar-refractivity contribution in [2.45, 2.75) is 72.4 Å². The molecule has 34 heavy (non-hydrogen) atoms. The van der Waals surface area contributed by atoms with Gasteiger partial charge in [0.1, 0.15) is 18.5 Å². The topological polar surface area (TPSA) is 41.9 Å². The zero-order chi connectivity index (χ0) is 24.7. The fourth-order valence-corrected chi connectivity index (χ4v) is 4.06. The second kappa shape index (κ2) is 11.7. The molecule has 4 nitrogen and oxygen atoms in total. The molecule has 0 heterocycles. The van der Waals surface area contributed by atoms with Crippen LogP contribution in [0.1, 0.15) is 75.9 Å². The number of hydroxylamine groups is 2. The van der Waals surface area contributed by atoms with Gasteiger partial charge in [-0.2, -0.15) is 5.06 Å². The van der Waals surface area contributed by atoms with E-state index in [-0.39, 0.29) is 24.3 Å². The molecule has 0 saturated heterocycles. The monoisotopic (exact) mass is 461 g/mol. The van der Waals surface area contributed by atoms with Crippen molar-refractivity contribution in [2.24, 2.45) is 5.92 Å². The Hall–Kier alpha value is -2.66. The van der Waals surface area contributed by atoms with Gasteiger partial charge in [-0.25, -0.2) is 0 Å². The van der Waals surface area contributed by atoms with E-state index in [0.29, 0.717) is 12.5 Å². The van der Waals surface area contributed by atoms with E-state index in [1.165, 1.54) is 5.56 Å². The minimum Gasteiger partial charge on any atom is -0.489 e. The molecule has 2 unspecified atom stereocenters. The van der Waals surface area contributed by atoms with Crippen LogP contribution in [0.5, 0.6) is 5.75 Å². The van der Waals surface area contributed by atoms with Gasteiger partial charge in [-0.1, -0.05) is 80.6 Å². The number of aliphatic hydroxyl groups is 1. The number of ether oxygens (including phenoxy) is 1. The molecule has 4 heteroatoms. The molecule has 0 aliphatic carbocycles. The van der Waals surface area contributed by atoms with Gasteiger partial charge in [0.15, 0.2) is 0 Å². The molecule has 3 aromatic rings. The summed E-state index contributed by atoms with van der Waals surface area (Å²) in [6, 6.07) is 26.7. The smallest absolute Gasteiger partial charge is 0.119 e. The highest BCUT2D eigenvalue weighted by Crippen LogP contribution is 2.37. The van der Waals surface area contributed by atoms with Gasteiger partial charge in [0.2, 0.25) is 0 Å². The Bertz CT molecular complexity index is 992. The zero-order valence-electron chi connectivity index (χ0n) is 21.4. The fourth-order valence-electron chi connectivity index (χ4n) is 4.06. The van der Waals surface area contributed by atoms with Gasteiger partial charge in [0.25, 0.3) is 0 Å². The Morgan fingerprint density at radius 1 is 0.765 bits per heavy atom. The highest BCUT2D eigenvalue weighted by Gasteiger charge is 2.34. The average Bonchev–Trinajstić information content (AvgIpc) is 2.83. The van der Waals surface area contributed by atoms with Crippen LogP contribution in [-0.2, 0) is 18.1 Å². The van der Waals surface area contributed by atoms with Gasteiger partial charge < -0.3 is 9.84 Å². The van der Waals surface area contributed by atoms with Crippen molar-refractivity contribution in [3.63, 3.8) is 0 Å². The zero-order valence-corrected chi connectivity index (χ0v) is 21.4. The first-order chi connectivity index (χ1) is 16.2. The summed E-state index contributed by atoms with van der Waals surface area (Å²) >= 11 is 0. The summed E-state index contributed by atoms with van der Waals surface area (Å²) in [5.74, 6) is 1.18. The summed E-state index contributed by atoms with van der Waals surface area (Å²) in [6.45, 7) is 13.7. The maximum atomic E-state index is 9.17. The molecule has 1 N–H and O–H groups in total. The van der Waals surface area contributed by atoms with E-state index in [9.17, 15) is 0 Å². The second-order valence-corrected chi connectivity index (χ2v) is 10.2. The number of nitrogens with zero attached hydrogens (tertiary/aromatic N) is 1. The molecule has 0 spiro atoms. The molecule has 2 atom stereocenters. The number of aliphatic hydroxyl groups excluding tert-OH is 1. The first-order valence-electron chi connectivity index (χ1n) is 12.1. The average molecular weight is 462 g/mol. The summed E-state index contributed by atoms with van der Waals surface area (Å²) in [7, 11) is 0. The van der Waals surface area contributed by atoms with Gasteiger partial charge in [0.05, 0.1) is 12.6 Å². The SMILES string of the molecule is CC(ON(C(c1ccccc1)C(C)C)C(C)(C)C)c1ccc(COc2ccc(CO)cc2)cc1. The Morgan fingerprint density at radius 3 is 1.88 bits per heavy atom. The van der Waals surface area contributed by atoms with Gasteiger partial charge in [0, 0.05) is 5.54 Å². The van der Waals surface area contributed by atoms with E-state index in [1.807, 2.05) is 24.3 Å². The molecule has 0 aliphatic rings. The molecule has 0 bridgehead atoms. The minimum absolute atomic E-state index is 0.0396. The summed E-state index contributed by atoms with van der Waals surface area (Å²) < 4.78 is 5.89. The van der Waals surface area contributed by atoms with Crippen LogP contribution in [0.15, 0.2) is 78.9 Å². The highest BCUT2D eigenvalue weighted by molar-refractivity contribution is 5.28. The van der Waals surface area contributed by atoms with Crippen LogP contribution < -0.4 is 4.74 Å². The van der Waals surface area contributed by atoms with Crippen LogP contribution in [0, 0.1) is 5.92 Å². The molecule has 0 aromatic heterocycles. The van der Waals surface area contributed by atoms with Crippen LogP contribution >= 0.6 is 0 Å². The van der Waals surface area contributed by atoms with Gasteiger partial charge in [-0.05, 0) is 68.0 Å². The maximum absolute atomic E-state index is 9.17. The van der Waals surface area contributed by atoms with E-state index < -0.39 is 0 Å². The summed E-state index contributed by atoms with van der Waals surface area (Å²) in [6.07, 6.45) is -0.0924. The molecule has 3 rings (SSSR count). The maximum Gasteiger partial charge on any atom is 0.119 e. The lowest BCUT2D eigenvalue weighted by Gasteiger charge is -2.44. The Labute approximate surface area is 205 Å². The third kappa shape index (κ3) is 6.92. The predicted molar refractivity (Wildman–Crippen MR) is 138 cm³/mol. The van der Waals surface area contributed by atoms with Crippen molar-refractivity contribution in [1.82, 2.24) is 5.06 Å². The van der Waals surface area contributed by atoms with Crippen molar-refractivity contribution in [2.75, 3.05) is 0 Å². The van der Waals surface area contributed by atoms with Crippen LogP contribution in [-0.4, -0.2) is 15.7 Å². The van der Waals surface area contributed by atoms with Crippen molar-refractivity contribution >= 4 is 0 Å². The Balaban J connectivity index is 1.69. The lowest BCUT2D eigenvalue weighted by atomic mass is 9.92. The molecule has 0 saturated carbocycles. The van der Waals surface area contributed by atoms with Gasteiger partial charge in [-0.15, -0.1) is 0 Å². The molecular weight excluding hydrogens is 422 g/mol. The standard InChI is InChI=1S/C30H39NO3/c1-22(2)29(27-10-8-7-9-11-27)31(30(4,5)6)34-23(3)26-16-12-25(13-17-26)21-33-28-18-14-24(20-32)15-19-28/h7-19,22-23,29,32H,20-21H2,1-6H3. The largest absolute Gasteiger partial charge is 0.489 e. The molecular formula is C30H39NO3. The lowest BCUT2D eigenvalue weighted by Crippen LogP contribution is -2.46. The van der Waals surface area contributed by atoms with Crippen LogP contribution in [0.4, 0.5) is 0 Å².